The lowest BCUT2D eigenvalue weighted by atomic mass is 9.70. The molecule has 4 aliphatic heterocycles. The number of fused-ring (bicyclic) bond motifs is 1. The van der Waals surface area contributed by atoms with Gasteiger partial charge in [0.05, 0.1) is 37.2 Å². The molecule has 0 aromatic heterocycles. The zero-order valence-electron chi connectivity index (χ0n) is 27.8. The van der Waals surface area contributed by atoms with Gasteiger partial charge < -0.3 is 34.4 Å². The van der Waals surface area contributed by atoms with Crippen LogP contribution in [-0.4, -0.2) is 127 Å². The van der Waals surface area contributed by atoms with Crippen molar-refractivity contribution in [1.82, 2.24) is 20.0 Å². The highest BCUT2D eigenvalue weighted by atomic mass is 16.5. The van der Waals surface area contributed by atoms with Crippen molar-refractivity contribution in [1.29, 1.82) is 0 Å². The predicted molar refractivity (Wildman–Crippen MR) is 177 cm³/mol. The van der Waals surface area contributed by atoms with Gasteiger partial charge in [-0.1, -0.05) is 42.5 Å². The Bertz CT molecular complexity index is 1300. The number of aliphatic hydroxyl groups excluding tert-OH is 1. The number of carbonyl (C=O) groups excluding carboxylic acids is 4. The third-order valence-electron chi connectivity index (χ3n) is 10.1. The molecule has 4 fully saturated rings. The first-order valence-electron chi connectivity index (χ1n) is 17.3. The molecular formula is C36H50N4O8. The van der Waals surface area contributed by atoms with E-state index in [4.69, 9.17) is 14.2 Å². The number of carbonyl (C=O) groups is 4. The first-order valence-corrected chi connectivity index (χ1v) is 17.3. The van der Waals surface area contributed by atoms with Crippen LogP contribution in [0.5, 0.6) is 0 Å². The minimum absolute atomic E-state index is 0.0278. The molecule has 2 N–H and O–H groups in total. The maximum absolute atomic E-state index is 14.5. The van der Waals surface area contributed by atoms with Crippen LogP contribution in [0.15, 0.2) is 55.6 Å². The number of esters is 1. The van der Waals surface area contributed by atoms with E-state index >= 15 is 0 Å². The minimum Gasteiger partial charge on any atom is -0.463 e. The molecule has 6 atom stereocenters. The van der Waals surface area contributed by atoms with E-state index in [1.807, 2.05) is 30.3 Å². The Labute approximate surface area is 283 Å². The number of aliphatic hydroxyl groups is 1. The second-order valence-electron chi connectivity index (χ2n) is 13.0. The lowest BCUT2D eigenvalue weighted by Crippen LogP contribution is -2.57. The molecule has 262 valence electrons. The Morgan fingerprint density at radius 1 is 1.12 bits per heavy atom. The van der Waals surface area contributed by atoms with Crippen molar-refractivity contribution in [2.24, 2.45) is 11.8 Å². The summed E-state index contributed by atoms with van der Waals surface area (Å²) in [6.07, 6.45) is 5.50. The Morgan fingerprint density at radius 2 is 1.90 bits per heavy atom. The van der Waals surface area contributed by atoms with Crippen molar-refractivity contribution in [3.63, 3.8) is 0 Å². The van der Waals surface area contributed by atoms with Gasteiger partial charge in [0.2, 0.25) is 17.7 Å². The number of benzene rings is 1. The quantitative estimate of drug-likeness (QED) is 0.137. The van der Waals surface area contributed by atoms with Crippen molar-refractivity contribution in [3.8, 4) is 0 Å². The summed E-state index contributed by atoms with van der Waals surface area (Å²) >= 11 is 0. The SMILES string of the molecule is C=CCCC(=O)OC[C@H](NC(=O)[C@@H]1[C@@H]2CC[C@]3(O2)[C@H](C(=O)N(CC=C)CCN2CCOCC2)N(CCCCO)C(=O)[C@@H]13)c1ccccc1. The number of hydrogen-bond acceptors (Lipinski definition) is 9. The highest BCUT2D eigenvalue weighted by Gasteiger charge is 2.74. The molecule has 1 aromatic carbocycles. The van der Waals surface area contributed by atoms with Gasteiger partial charge in [0.15, 0.2) is 0 Å². The predicted octanol–water partition coefficient (Wildman–Crippen LogP) is 1.85. The molecule has 3 amide bonds. The number of hydrogen-bond donors (Lipinski definition) is 2. The average molecular weight is 667 g/mol. The summed E-state index contributed by atoms with van der Waals surface area (Å²) in [4.78, 5) is 61.1. The standard InChI is InChI=1S/C36H50N4O8/c1-3-5-13-29(42)47-25-27(26-11-7-6-8-12-26)37-33(43)30-28-14-15-36(48-28)31(30)34(44)40(17-9-10-22-41)32(36)35(45)39(16-4-2)19-18-38-20-23-46-24-21-38/h3-4,6-8,11-12,27-28,30-32,41H,1-2,5,9-10,13-25H2,(H,37,43)/t27-,28-,30+,31+,32-,36+/m0/s1. The fraction of sp³-hybridized carbons (Fsp3) is 0.611. The van der Waals surface area contributed by atoms with Gasteiger partial charge in [-0.2, -0.15) is 0 Å². The van der Waals surface area contributed by atoms with Crippen LogP contribution in [-0.2, 0) is 33.4 Å². The molecule has 4 aliphatic rings. The lowest BCUT2D eigenvalue weighted by Gasteiger charge is -2.37. The fourth-order valence-corrected chi connectivity index (χ4v) is 7.72. The number of nitrogens with one attached hydrogen (secondary N) is 1. The van der Waals surface area contributed by atoms with Gasteiger partial charge in [-0.25, -0.2) is 0 Å². The number of rotatable bonds is 18. The smallest absolute Gasteiger partial charge is 0.306 e. The van der Waals surface area contributed by atoms with Gasteiger partial charge in [0, 0.05) is 52.3 Å². The van der Waals surface area contributed by atoms with E-state index in [1.54, 1.807) is 22.0 Å². The van der Waals surface area contributed by atoms with Gasteiger partial charge in [0.1, 0.15) is 18.2 Å². The molecular weight excluding hydrogens is 616 g/mol. The van der Waals surface area contributed by atoms with Crippen LogP contribution in [0.4, 0.5) is 0 Å². The second-order valence-corrected chi connectivity index (χ2v) is 13.0. The van der Waals surface area contributed by atoms with Crippen molar-refractivity contribution in [2.75, 3.05) is 65.7 Å². The molecule has 0 aliphatic carbocycles. The van der Waals surface area contributed by atoms with Crippen LogP contribution in [0, 0.1) is 11.8 Å². The Morgan fingerprint density at radius 3 is 2.60 bits per heavy atom. The summed E-state index contributed by atoms with van der Waals surface area (Å²) in [6, 6.07) is 7.73. The van der Waals surface area contributed by atoms with E-state index in [1.165, 1.54) is 0 Å². The molecule has 2 bridgehead atoms. The third-order valence-corrected chi connectivity index (χ3v) is 10.1. The molecule has 5 rings (SSSR count). The number of amides is 3. The van der Waals surface area contributed by atoms with Gasteiger partial charge in [0.25, 0.3) is 0 Å². The Balaban J connectivity index is 1.38. The van der Waals surface area contributed by atoms with Gasteiger partial charge >= 0.3 is 5.97 Å². The highest BCUT2D eigenvalue weighted by molar-refractivity contribution is 5.99. The summed E-state index contributed by atoms with van der Waals surface area (Å²) in [7, 11) is 0. The Kier molecular flexibility index (Phi) is 12.4. The Hall–Kier alpha value is -3.58. The average Bonchev–Trinajstić information content (AvgIpc) is 3.75. The van der Waals surface area contributed by atoms with Gasteiger partial charge in [-0.15, -0.1) is 13.2 Å². The molecule has 1 spiro atoms. The molecule has 0 unspecified atom stereocenters. The van der Waals surface area contributed by atoms with Crippen LogP contribution in [0.3, 0.4) is 0 Å². The molecule has 1 aromatic rings. The first-order chi connectivity index (χ1) is 23.3. The van der Waals surface area contributed by atoms with Crippen molar-refractivity contribution in [3.05, 3.63) is 61.2 Å². The summed E-state index contributed by atoms with van der Waals surface area (Å²) in [5.74, 6) is -2.89. The van der Waals surface area contributed by atoms with Crippen molar-refractivity contribution < 1.29 is 38.5 Å². The topological polar surface area (TPSA) is 138 Å². The zero-order chi connectivity index (χ0) is 34.1. The number of ether oxygens (including phenoxy) is 3. The lowest BCUT2D eigenvalue weighted by molar-refractivity contribution is -0.148. The zero-order valence-corrected chi connectivity index (χ0v) is 27.8. The van der Waals surface area contributed by atoms with Crippen LogP contribution < -0.4 is 5.32 Å². The normalized spacial score (nSPS) is 26.9. The van der Waals surface area contributed by atoms with E-state index < -0.39 is 41.6 Å². The largest absolute Gasteiger partial charge is 0.463 e. The third kappa shape index (κ3) is 7.67. The fourth-order valence-electron chi connectivity index (χ4n) is 7.72. The maximum atomic E-state index is 14.5. The number of likely N-dealkylation sites (tertiary alicyclic amines) is 1. The van der Waals surface area contributed by atoms with E-state index in [0.29, 0.717) is 65.0 Å². The molecule has 48 heavy (non-hydrogen) atoms. The van der Waals surface area contributed by atoms with E-state index in [0.717, 1.165) is 18.7 Å². The van der Waals surface area contributed by atoms with E-state index in [2.05, 4.69) is 23.4 Å². The number of allylic oxidation sites excluding steroid dienone is 1. The van der Waals surface area contributed by atoms with E-state index in [9.17, 15) is 24.3 Å². The summed E-state index contributed by atoms with van der Waals surface area (Å²) < 4.78 is 17.7. The second kappa shape index (κ2) is 16.7. The molecule has 0 saturated carbocycles. The molecule has 4 heterocycles. The van der Waals surface area contributed by atoms with Crippen LogP contribution in [0.1, 0.15) is 50.1 Å². The summed E-state index contributed by atoms with van der Waals surface area (Å²) in [5.41, 5.74) is -0.379. The summed E-state index contributed by atoms with van der Waals surface area (Å²) in [5, 5.41) is 12.6. The van der Waals surface area contributed by atoms with Gasteiger partial charge in [-0.3, -0.25) is 24.1 Å². The molecule has 12 heteroatoms. The van der Waals surface area contributed by atoms with Crippen LogP contribution in [0.2, 0.25) is 0 Å². The van der Waals surface area contributed by atoms with Crippen LogP contribution in [0.25, 0.3) is 0 Å². The minimum atomic E-state index is -1.14. The van der Waals surface area contributed by atoms with Gasteiger partial charge in [-0.05, 0) is 37.7 Å². The first kappa shape index (κ1) is 35.7. The highest BCUT2D eigenvalue weighted by Crippen LogP contribution is 2.58. The molecule has 0 radical (unpaired) electrons. The van der Waals surface area contributed by atoms with E-state index in [-0.39, 0.29) is 43.9 Å². The number of morpholine rings is 1. The number of nitrogens with zero attached hydrogens (tertiary/aromatic N) is 3. The maximum Gasteiger partial charge on any atom is 0.306 e. The molecule has 4 saturated heterocycles. The monoisotopic (exact) mass is 666 g/mol. The molecule has 12 nitrogen and oxygen atoms in total. The summed E-state index contributed by atoms with van der Waals surface area (Å²) in [6.45, 7) is 12.0. The van der Waals surface area contributed by atoms with Crippen molar-refractivity contribution in [2.45, 2.75) is 62.3 Å². The van der Waals surface area contributed by atoms with Crippen molar-refractivity contribution >= 4 is 23.7 Å². The van der Waals surface area contributed by atoms with Crippen LogP contribution >= 0.6 is 0 Å². The number of unbranched alkanes of at least 4 members (excludes halogenated alkanes) is 1.